The Labute approximate surface area is 85.3 Å². The second-order valence-corrected chi connectivity index (χ2v) is 4.61. The van der Waals surface area contributed by atoms with Crippen LogP contribution in [0.3, 0.4) is 0 Å². The number of thiophene rings is 1. The summed E-state index contributed by atoms with van der Waals surface area (Å²) in [6, 6.07) is 4.35. The molecule has 0 unspecified atom stereocenters. The van der Waals surface area contributed by atoms with Gasteiger partial charge in [-0.1, -0.05) is 39.3 Å². The summed E-state index contributed by atoms with van der Waals surface area (Å²) in [6.45, 7) is 6.72. The van der Waals surface area contributed by atoms with Gasteiger partial charge in [0.15, 0.2) is 0 Å². The summed E-state index contributed by atoms with van der Waals surface area (Å²) >= 11 is 1.84. The van der Waals surface area contributed by atoms with E-state index in [-0.39, 0.29) is 0 Å². The molecule has 13 heavy (non-hydrogen) atoms. The van der Waals surface area contributed by atoms with Crippen molar-refractivity contribution in [1.29, 1.82) is 0 Å². The molecule has 0 spiro atoms. The Hall–Kier alpha value is -0.560. The lowest BCUT2D eigenvalue weighted by Gasteiger charge is -2.05. The maximum absolute atomic E-state index is 2.38. The molecule has 72 valence electrons. The van der Waals surface area contributed by atoms with Crippen LogP contribution in [-0.4, -0.2) is 0 Å². The average molecular weight is 194 g/mol. The molecule has 0 N–H and O–H groups in total. The molecule has 0 aliphatic rings. The molecule has 0 aliphatic carbocycles. The molecule has 1 heteroatoms. The van der Waals surface area contributed by atoms with Crippen LogP contribution in [0.25, 0.3) is 5.57 Å². The van der Waals surface area contributed by atoms with Crippen LogP contribution in [0.15, 0.2) is 23.6 Å². The van der Waals surface area contributed by atoms with Gasteiger partial charge in [0.25, 0.3) is 0 Å². The van der Waals surface area contributed by atoms with Gasteiger partial charge in [0.1, 0.15) is 0 Å². The molecule has 0 radical (unpaired) electrons. The van der Waals surface area contributed by atoms with Crippen molar-refractivity contribution in [3.8, 4) is 0 Å². The van der Waals surface area contributed by atoms with Gasteiger partial charge in [-0.25, -0.2) is 0 Å². The summed E-state index contributed by atoms with van der Waals surface area (Å²) in [5.74, 6) is 0.656. The van der Waals surface area contributed by atoms with Crippen molar-refractivity contribution in [3.05, 3.63) is 28.5 Å². The highest BCUT2D eigenvalue weighted by Crippen LogP contribution is 2.25. The molecule has 0 fully saturated rings. The van der Waals surface area contributed by atoms with E-state index in [2.05, 4.69) is 44.4 Å². The van der Waals surface area contributed by atoms with Gasteiger partial charge in [-0.15, -0.1) is 11.3 Å². The van der Waals surface area contributed by atoms with Crippen molar-refractivity contribution in [1.82, 2.24) is 0 Å². The van der Waals surface area contributed by atoms with E-state index >= 15 is 0 Å². The zero-order valence-corrected chi connectivity index (χ0v) is 9.53. The van der Waals surface area contributed by atoms with Crippen molar-refractivity contribution in [2.45, 2.75) is 33.6 Å². The van der Waals surface area contributed by atoms with E-state index in [1.165, 1.54) is 23.3 Å². The zero-order valence-electron chi connectivity index (χ0n) is 8.71. The molecule has 1 rings (SSSR count). The van der Waals surface area contributed by atoms with Crippen LogP contribution in [0.5, 0.6) is 0 Å². The van der Waals surface area contributed by atoms with Crippen molar-refractivity contribution in [2.75, 3.05) is 0 Å². The van der Waals surface area contributed by atoms with Crippen LogP contribution < -0.4 is 0 Å². The Kier molecular flexibility index (Phi) is 4.23. The summed E-state index contributed by atoms with van der Waals surface area (Å²) in [5, 5.41) is 2.15. The molecule has 0 amide bonds. The van der Waals surface area contributed by atoms with Crippen LogP contribution in [0, 0.1) is 5.92 Å². The maximum atomic E-state index is 2.38. The summed E-state index contributed by atoms with van der Waals surface area (Å²) in [6.07, 6.45) is 4.82. The molecule has 0 aromatic carbocycles. The zero-order chi connectivity index (χ0) is 9.68. The third kappa shape index (κ3) is 3.35. The van der Waals surface area contributed by atoms with Crippen molar-refractivity contribution < 1.29 is 0 Å². The van der Waals surface area contributed by atoms with E-state index < -0.39 is 0 Å². The van der Waals surface area contributed by atoms with Gasteiger partial charge < -0.3 is 0 Å². The Bertz CT molecular complexity index is 255. The van der Waals surface area contributed by atoms with E-state index in [1.807, 2.05) is 11.3 Å². The second kappa shape index (κ2) is 5.23. The Morgan fingerprint density at radius 3 is 2.77 bits per heavy atom. The van der Waals surface area contributed by atoms with Gasteiger partial charge in [0.05, 0.1) is 0 Å². The smallest absolute Gasteiger partial charge is 0.0299 e. The lowest BCUT2D eigenvalue weighted by Crippen LogP contribution is -1.85. The lowest BCUT2D eigenvalue weighted by molar-refractivity contribution is 0.825. The summed E-state index contributed by atoms with van der Waals surface area (Å²) < 4.78 is 0. The number of hydrogen-bond acceptors (Lipinski definition) is 1. The summed E-state index contributed by atoms with van der Waals surface area (Å²) in [5.41, 5.74) is 1.52. The Morgan fingerprint density at radius 1 is 1.54 bits per heavy atom. The van der Waals surface area contributed by atoms with E-state index in [0.717, 1.165) is 0 Å². The number of rotatable bonds is 4. The molecule has 1 heterocycles. The van der Waals surface area contributed by atoms with Gasteiger partial charge in [-0.3, -0.25) is 0 Å². The monoisotopic (exact) mass is 194 g/mol. The fourth-order valence-corrected chi connectivity index (χ4v) is 2.20. The predicted molar refractivity (Wildman–Crippen MR) is 62.0 cm³/mol. The number of hydrogen-bond donors (Lipinski definition) is 0. The summed E-state index contributed by atoms with van der Waals surface area (Å²) in [7, 11) is 0. The van der Waals surface area contributed by atoms with Crippen molar-refractivity contribution in [2.24, 2.45) is 5.92 Å². The molecule has 0 atom stereocenters. The molecule has 0 aliphatic heterocycles. The molecular weight excluding hydrogens is 176 g/mol. The highest BCUT2D eigenvalue weighted by Gasteiger charge is 2.02. The minimum atomic E-state index is 0.656. The lowest BCUT2D eigenvalue weighted by atomic mass is 10.0. The third-order valence-electron chi connectivity index (χ3n) is 1.89. The molecule has 1 aromatic rings. The first-order valence-electron chi connectivity index (χ1n) is 4.98. The minimum Gasteiger partial charge on any atom is -0.144 e. The van der Waals surface area contributed by atoms with Crippen LogP contribution >= 0.6 is 11.3 Å². The van der Waals surface area contributed by atoms with E-state index in [4.69, 9.17) is 0 Å². The van der Waals surface area contributed by atoms with E-state index in [1.54, 1.807) is 0 Å². The summed E-state index contributed by atoms with van der Waals surface area (Å²) in [4.78, 5) is 1.44. The largest absolute Gasteiger partial charge is 0.144 e. The normalized spacial score (nSPS) is 12.5. The fraction of sp³-hybridized carbons (Fsp3) is 0.500. The van der Waals surface area contributed by atoms with Gasteiger partial charge in [-0.05, 0) is 29.4 Å². The second-order valence-electron chi connectivity index (χ2n) is 3.66. The highest BCUT2D eigenvalue weighted by atomic mass is 32.1. The van der Waals surface area contributed by atoms with Crippen molar-refractivity contribution >= 4 is 16.9 Å². The van der Waals surface area contributed by atoms with Gasteiger partial charge >= 0.3 is 0 Å². The predicted octanol–water partition coefficient (Wildman–Crippen LogP) is 4.59. The maximum Gasteiger partial charge on any atom is 0.0299 e. The minimum absolute atomic E-state index is 0.656. The first kappa shape index (κ1) is 10.5. The Balaban J connectivity index is 2.80. The Morgan fingerprint density at radius 2 is 2.31 bits per heavy atom. The fourth-order valence-electron chi connectivity index (χ4n) is 1.42. The molecule has 0 bridgehead atoms. The molecular formula is C12H18S. The number of allylic oxidation sites excluding steroid dienone is 2. The van der Waals surface area contributed by atoms with Gasteiger partial charge in [-0.2, -0.15) is 0 Å². The van der Waals surface area contributed by atoms with Crippen LogP contribution in [0.1, 0.15) is 38.5 Å². The van der Waals surface area contributed by atoms with E-state index in [9.17, 15) is 0 Å². The highest BCUT2D eigenvalue weighted by molar-refractivity contribution is 7.11. The molecule has 0 saturated carbocycles. The topological polar surface area (TPSA) is 0 Å². The molecule has 1 aromatic heterocycles. The van der Waals surface area contributed by atoms with Crippen LogP contribution in [0.2, 0.25) is 0 Å². The SMILES string of the molecule is CCC/C(=C\C(C)C)c1cccs1. The molecule has 0 saturated heterocycles. The first-order chi connectivity index (χ1) is 6.24. The first-order valence-corrected chi connectivity index (χ1v) is 5.86. The average Bonchev–Trinajstić information content (AvgIpc) is 2.54. The molecule has 0 nitrogen and oxygen atoms in total. The van der Waals surface area contributed by atoms with Gasteiger partial charge in [0, 0.05) is 4.88 Å². The van der Waals surface area contributed by atoms with Gasteiger partial charge in [0.2, 0.25) is 0 Å². The van der Waals surface area contributed by atoms with Crippen LogP contribution in [-0.2, 0) is 0 Å². The van der Waals surface area contributed by atoms with Crippen molar-refractivity contribution in [3.63, 3.8) is 0 Å². The quantitative estimate of drug-likeness (QED) is 0.657. The van der Waals surface area contributed by atoms with Crippen LogP contribution in [0.4, 0.5) is 0 Å². The standard InChI is InChI=1S/C12H18S/c1-4-6-11(9-10(2)3)12-7-5-8-13-12/h5,7-10H,4,6H2,1-3H3/b11-9+. The van der Waals surface area contributed by atoms with E-state index in [0.29, 0.717) is 5.92 Å². The third-order valence-corrected chi connectivity index (χ3v) is 2.84.